The van der Waals surface area contributed by atoms with Gasteiger partial charge in [0, 0.05) is 12.0 Å². The first kappa shape index (κ1) is 14.9. The van der Waals surface area contributed by atoms with Gasteiger partial charge < -0.3 is 9.47 Å². The van der Waals surface area contributed by atoms with Gasteiger partial charge in [0.15, 0.2) is 0 Å². The van der Waals surface area contributed by atoms with Gasteiger partial charge in [-0.25, -0.2) is 0 Å². The molecule has 1 aromatic rings. The highest BCUT2D eigenvalue weighted by Gasteiger charge is 2.35. The summed E-state index contributed by atoms with van der Waals surface area (Å²) in [7, 11) is 1.71. The molecule has 0 N–H and O–H groups in total. The molecule has 1 aromatic carbocycles. The molecular formula is C17H24O3. The SMILES string of the molecule is COc1c(C)c(C)c2c(c1C)CCC(C)(CC(C)=O)O2. The van der Waals surface area contributed by atoms with Crippen LogP contribution >= 0.6 is 0 Å². The van der Waals surface area contributed by atoms with E-state index in [9.17, 15) is 4.79 Å². The maximum Gasteiger partial charge on any atom is 0.133 e. The smallest absolute Gasteiger partial charge is 0.133 e. The zero-order valence-corrected chi connectivity index (χ0v) is 13.3. The van der Waals surface area contributed by atoms with Crippen LogP contribution in [0.3, 0.4) is 0 Å². The van der Waals surface area contributed by atoms with Gasteiger partial charge in [0.1, 0.15) is 22.9 Å². The van der Waals surface area contributed by atoms with Gasteiger partial charge in [-0.2, -0.15) is 0 Å². The van der Waals surface area contributed by atoms with Gasteiger partial charge in [0.05, 0.1) is 7.11 Å². The molecule has 1 aliphatic heterocycles. The number of hydrogen-bond donors (Lipinski definition) is 0. The Morgan fingerprint density at radius 3 is 2.45 bits per heavy atom. The second kappa shape index (κ2) is 5.12. The third-order valence-electron chi connectivity index (χ3n) is 4.39. The van der Waals surface area contributed by atoms with Gasteiger partial charge in [-0.3, -0.25) is 4.79 Å². The molecule has 0 spiro atoms. The monoisotopic (exact) mass is 276 g/mol. The summed E-state index contributed by atoms with van der Waals surface area (Å²) in [6, 6.07) is 0. The molecule has 3 heteroatoms. The number of Topliss-reactive ketones (excluding diaryl/α,β-unsaturated/α-hetero) is 1. The first-order valence-corrected chi connectivity index (χ1v) is 7.14. The van der Waals surface area contributed by atoms with E-state index in [0.717, 1.165) is 41.0 Å². The fourth-order valence-electron chi connectivity index (χ4n) is 3.24. The Balaban J connectivity index is 2.50. The maximum atomic E-state index is 11.4. The zero-order chi connectivity index (χ0) is 15.1. The van der Waals surface area contributed by atoms with E-state index in [4.69, 9.17) is 9.47 Å². The number of fused-ring (bicyclic) bond motifs is 1. The van der Waals surface area contributed by atoms with Crippen molar-refractivity contribution in [3.8, 4) is 11.5 Å². The highest BCUT2D eigenvalue weighted by Crippen LogP contribution is 2.44. The molecule has 20 heavy (non-hydrogen) atoms. The molecule has 0 aliphatic carbocycles. The van der Waals surface area contributed by atoms with Crippen LogP contribution in [0.15, 0.2) is 0 Å². The van der Waals surface area contributed by atoms with Crippen molar-refractivity contribution < 1.29 is 14.3 Å². The van der Waals surface area contributed by atoms with E-state index in [1.165, 1.54) is 5.56 Å². The predicted octanol–water partition coefficient (Wildman–Crippen LogP) is 3.68. The van der Waals surface area contributed by atoms with Crippen molar-refractivity contribution in [3.63, 3.8) is 0 Å². The molecule has 2 rings (SSSR count). The molecule has 110 valence electrons. The van der Waals surface area contributed by atoms with Crippen LogP contribution in [0, 0.1) is 20.8 Å². The molecule has 1 aliphatic rings. The molecule has 0 saturated heterocycles. The third kappa shape index (κ3) is 2.41. The van der Waals surface area contributed by atoms with Gasteiger partial charge in [0.25, 0.3) is 0 Å². The summed E-state index contributed by atoms with van der Waals surface area (Å²) in [5, 5.41) is 0. The van der Waals surface area contributed by atoms with Crippen LogP contribution in [0.1, 0.15) is 48.9 Å². The Hall–Kier alpha value is -1.51. The Morgan fingerprint density at radius 1 is 1.25 bits per heavy atom. The first-order valence-electron chi connectivity index (χ1n) is 7.14. The van der Waals surface area contributed by atoms with Crippen molar-refractivity contribution in [1.29, 1.82) is 0 Å². The standard InChI is InChI=1S/C17H24O3/c1-10(18)9-17(5)8-7-14-13(4)15(19-6)11(2)12(3)16(14)20-17/h7-9H2,1-6H3. The Labute approximate surface area is 121 Å². The number of benzene rings is 1. The molecule has 0 aromatic heterocycles. The van der Waals surface area contributed by atoms with Crippen LogP contribution in [-0.4, -0.2) is 18.5 Å². The highest BCUT2D eigenvalue weighted by molar-refractivity contribution is 5.76. The molecule has 1 atom stereocenters. The molecular weight excluding hydrogens is 252 g/mol. The Kier molecular flexibility index (Phi) is 3.81. The summed E-state index contributed by atoms with van der Waals surface area (Å²) in [6.45, 7) is 9.87. The maximum absolute atomic E-state index is 11.4. The molecule has 0 saturated carbocycles. The van der Waals surface area contributed by atoms with E-state index in [-0.39, 0.29) is 11.4 Å². The number of rotatable bonds is 3. The van der Waals surface area contributed by atoms with Crippen LogP contribution in [0.4, 0.5) is 0 Å². The average molecular weight is 276 g/mol. The summed E-state index contributed by atoms with van der Waals surface area (Å²) in [5.74, 6) is 2.09. The number of ether oxygens (including phenoxy) is 2. The quantitative estimate of drug-likeness (QED) is 0.844. The molecule has 1 heterocycles. The number of carbonyl (C=O) groups is 1. The minimum Gasteiger partial charge on any atom is -0.496 e. The minimum absolute atomic E-state index is 0.176. The van der Waals surface area contributed by atoms with Crippen molar-refractivity contribution in [2.24, 2.45) is 0 Å². The minimum atomic E-state index is -0.378. The fourth-order valence-corrected chi connectivity index (χ4v) is 3.24. The highest BCUT2D eigenvalue weighted by atomic mass is 16.5. The van der Waals surface area contributed by atoms with Crippen molar-refractivity contribution in [2.45, 2.75) is 59.5 Å². The topological polar surface area (TPSA) is 35.5 Å². The summed E-state index contributed by atoms with van der Waals surface area (Å²) in [5.41, 5.74) is 4.26. The summed E-state index contributed by atoms with van der Waals surface area (Å²) < 4.78 is 11.8. The van der Waals surface area contributed by atoms with Crippen LogP contribution in [0.5, 0.6) is 11.5 Å². The van der Waals surface area contributed by atoms with E-state index in [1.807, 2.05) is 6.92 Å². The van der Waals surface area contributed by atoms with Crippen LogP contribution in [0.25, 0.3) is 0 Å². The lowest BCUT2D eigenvalue weighted by molar-refractivity contribution is -0.121. The Morgan fingerprint density at radius 2 is 1.90 bits per heavy atom. The van der Waals surface area contributed by atoms with Gasteiger partial charge in [-0.1, -0.05) is 0 Å². The zero-order valence-electron chi connectivity index (χ0n) is 13.3. The van der Waals surface area contributed by atoms with Gasteiger partial charge in [-0.05, 0) is 64.2 Å². The molecule has 0 radical (unpaired) electrons. The van der Waals surface area contributed by atoms with Crippen molar-refractivity contribution >= 4 is 5.78 Å². The van der Waals surface area contributed by atoms with E-state index in [1.54, 1.807) is 14.0 Å². The fraction of sp³-hybridized carbons (Fsp3) is 0.588. The van der Waals surface area contributed by atoms with Crippen LogP contribution < -0.4 is 9.47 Å². The Bertz CT molecular complexity index is 560. The summed E-state index contributed by atoms with van der Waals surface area (Å²) >= 11 is 0. The van der Waals surface area contributed by atoms with Crippen molar-refractivity contribution in [3.05, 3.63) is 22.3 Å². The number of hydrogen-bond acceptors (Lipinski definition) is 3. The lowest BCUT2D eigenvalue weighted by Crippen LogP contribution is -2.38. The largest absolute Gasteiger partial charge is 0.496 e. The second-order valence-corrected chi connectivity index (χ2v) is 6.15. The van der Waals surface area contributed by atoms with Crippen molar-refractivity contribution in [1.82, 2.24) is 0 Å². The first-order chi connectivity index (χ1) is 9.29. The van der Waals surface area contributed by atoms with Crippen LogP contribution in [0.2, 0.25) is 0 Å². The van der Waals surface area contributed by atoms with E-state index >= 15 is 0 Å². The van der Waals surface area contributed by atoms with E-state index in [0.29, 0.717) is 6.42 Å². The summed E-state index contributed by atoms with van der Waals surface area (Å²) in [6.07, 6.45) is 2.27. The number of ketones is 1. The molecule has 0 fully saturated rings. The second-order valence-electron chi connectivity index (χ2n) is 6.15. The van der Waals surface area contributed by atoms with E-state index < -0.39 is 0 Å². The number of carbonyl (C=O) groups excluding carboxylic acids is 1. The lowest BCUT2D eigenvalue weighted by atomic mass is 9.85. The number of methoxy groups -OCH3 is 1. The van der Waals surface area contributed by atoms with E-state index in [2.05, 4.69) is 20.8 Å². The lowest BCUT2D eigenvalue weighted by Gasteiger charge is -2.37. The van der Waals surface area contributed by atoms with Gasteiger partial charge >= 0.3 is 0 Å². The van der Waals surface area contributed by atoms with Gasteiger partial charge in [-0.15, -0.1) is 0 Å². The molecule has 3 nitrogen and oxygen atoms in total. The molecule has 1 unspecified atom stereocenters. The molecule has 0 amide bonds. The van der Waals surface area contributed by atoms with Gasteiger partial charge in [0.2, 0.25) is 0 Å². The average Bonchev–Trinajstić information content (AvgIpc) is 2.35. The summed E-state index contributed by atoms with van der Waals surface area (Å²) in [4.78, 5) is 11.4. The third-order valence-corrected chi connectivity index (χ3v) is 4.39. The molecule has 0 bridgehead atoms. The van der Waals surface area contributed by atoms with Crippen molar-refractivity contribution in [2.75, 3.05) is 7.11 Å². The predicted molar refractivity (Wildman–Crippen MR) is 79.9 cm³/mol. The normalized spacial score (nSPS) is 21.1. The van der Waals surface area contributed by atoms with Crippen LogP contribution in [-0.2, 0) is 11.2 Å².